The second-order valence-electron chi connectivity index (χ2n) is 1.88. The van der Waals surface area contributed by atoms with Gasteiger partial charge in [-0.25, -0.2) is 9.79 Å². The van der Waals surface area contributed by atoms with E-state index in [1.807, 2.05) is 0 Å². The zero-order valence-corrected chi connectivity index (χ0v) is 4.94. The number of aliphatic carboxylic acids is 1. The van der Waals surface area contributed by atoms with Crippen LogP contribution in [0.4, 0.5) is 0 Å². The van der Waals surface area contributed by atoms with Crippen LogP contribution in [-0.4, -0.2) is 29.6 Å². The van der Waals surface area contributed by atoms with E-state index in [-0.39, 0.29) is 6.10 Å². The molecule has 1 aliphatic heterocycles. The maximum absolute atomic E-state index is 10.2. The Hall–Kier alpha value is -1.06. The van der Waals surface area contributed by atoms with Gasteiger partial charge in [-0.1, -0.05) is 0 Å². The molecule has 0 bridgehead atoms. The summed E-state index contributed by atoms with van der Waals surface area (Å²) in [6.45, 7) is 1.67. The lowest BCUT2D eigenvalue weighted by Crippen LogP contribution is -2.26. The summed E-state index contributed by atoms with van der Waals surface area (Å²) in [6.07, 6.45) is 0.867. The van der Waals surface area contributed by atoms with Crippen LogP contribution in [0.25, 0.3) is 0 Å². The highest BCUT2D eigenvalue weighted by molar-refractivity contribution is 5.77. The molecule has 4 heteroatoms. The largest absolute Gasteiger partial charge is 0.480 e. The fourth-order valence-electron chi connectivity index (χ4n) is 0.657. The number of hydrogen-bond donors (Lipinski definition) is 1. The second-order valence-corrected chi connectivity index (χ2v) is 1.88. The number of rotatable bonds is 1. The van der Waals surface area contributed by atoms with Gasteiger partial charge < -0.3 is 9.84 Å². The van der Waals surface area contributed by atoms with Crippen molar-refractivity contribution in [1.29, 1.82) is 0 Å². The molecule has 1 N–H and O–H groups in total. The number of carboxylic acid groups (broad SMARTS) is 1. The van der Waals surface area contributed by atoms with E-state index in [1.54, 1.807) is 6.92 Å². The molecule has 2 unspecified atom stereocenters. The molecule has 0 radical (unpaired) electrons. The molecular formula is C5H7NO3. The summed E-state index contributed by atoms with van der Waals surface area (Å²) in [5, 5.41) is 8.39. The van der Waals surface area contributed by atoms with Crippen LogP contribution in [0.2, 0.25) is 0 Å². The molecule has 0 aromatic carbocycles. The van der Waals surface area contributed by atoms with Gasteiger partial charge in [0.15, 0.2) is 12.4 Å². The molecule has 0 aromatic heterocycles. The van der Waals surface area contributed by atoms with Gasteiger partial charge in [0.1, 0.15) is 6.10 Å². The highest BCUT2D eigenvalue weighted by Crippen LogP contribution is 2.07. The molecule has 0 spiro atoms. The lowest BCUT2D eigenvalue weighted by Gasteiger charge is -2.05. The molecule has 2 atom stereocenters. The molecule has 9 heavy (non-hydrogen) atoms. The topological polar surface area (TPSA) is 58.9 Å². The molecule has 0 amide bonds. The smallest absolute Gasteiger partial charge is 0.332 e. The van der Waals surface area contributed by atoms with E-state index in [2.05, 4.69) is 4.99 Å². The highest BCUT2D eigenvalue weighted by Gasteiger charge is 2.27. The SMILES string of the molecule is CC1OC=NC1C(=O)O. The number of carboxylic acids is 1. The Morgan fingerprint density at radius 3 is 2.78 bits per heavy atom. The van der Waals surface area contributed by atoms with Crippen molar-refractivity contribution in [2.45, 2.75) is 19.1 Å². The summed E-state index contributed by atoms with van der Waals surface area (Å²) < 4.78 is 4.75. The Labute approximate surface area is 52.2 Å². The Kier molecular flexibility index (Phi) is 1.38. The molecule has 0 saturated carbocycles. The van der Waals surface area contributed by atoms with Crippen molar-refractivity contribution in [3.63, 3.8) is 0 Å². The normalized spacial score (nSPS) is 32.1. The van der Waals surface area contributed by atoms with Gasteiger partial charge in [0.05, 0.1) is 0 Å². The third kappa shape index (κ3) is 1.01. The maximum Gasteiger partial charge on any atom is 0.332 e. The van der Waals surface area contributed by atoms with Gasteiger partial charge in [0, 0.05) is 0 Å². The predicted molar refractivity (Wildman–Crippen MR) is 30.5 cm³/mol. The number of carbonyl (C=O) groups is 1. The first-order valence-electron chi connectivity index (χ1n) is 2.61. The average molecular weight is 129 g/mol. The minimum Gasteiger partial charge on any atom is -0.480 e. The minimum absolute atomic E-state index is 0.317. The number of ether oxygens (including phenoxy) is 1. The van der Waals surface area contributed by atoms with Gasteiger partial charge in [-0.05, 0) is 6.92 Å². The summed E-state index contributed by atoms with van der Waals surface area (Å²) >= 11 is 0. The van der Waals surface area contributed by atoms with Crippen LogP contribution in [0.5, 0.6) is 0 Å². The van der Waals surface area contributed by atoms with Crippen molar-refractivity contribution >= 4 is 12.4 Å². The van der Waals surface area contributed by atoms with Crippen LogP contribution in [0.3, 0.4) is 0 Å². The minimum atomic E-state index is -0.934. The third-order valence-electron chi connectivity index (χ3n) is 1.19. The number of aliphatic imine (C=N–C) groups is 1. The Morgan fingerprint density at radius 2 is 2.56 bits per heavy atom. The highest BCUT2D eigenvalue weighted by atomic mass is 16.5. The summed E-state index contributed by atoms with van der Waals surface area (Å²) in [7, 11) is 0. The van der Waals surface area contributed by atoms with Crippen LogP contribution in [-0.2, 0) is 9.53 Å². The van der Waals surface area contributed by atoms with E-state index in [0.717, 1.165) is 0 Å². The fraction of sp³-hybridized carbons (Fsp3) is 0.600. The number of hydrogen-bond acceptors (Lipinski definition) is 3. The fourth-order valence-corrected chi connectivity index (χ4v) is 0.657. The van der Waals surface area contributed by atoms with Crippen molar-refractivity contribution in [3.05, 3.63) is 0 Å². The molecule has 50 valence electrons. The van der Waals surface area contributed by atoms with Crippen molar-refractivity contribution in [3.8, 4) is 0 Å². The third-order valence-corrected chi connectivity index (χ3v) is 1.19. The van der Waals surface area contributed by atoms with Crippen LogP contribution in [0.15, 0.2) is 4.99 Å². The molecule has 0 aromatic rings. The zero-order chi connectivity index (χ0) is 6.85. The summed E-state index contributed by atoms with van der Waals surface area (Å²) in [4.78, 5) is 13.8. The van der Waals surface area contributed by atoms with Gasteiger partial charge in [-0.3, -0.25) is 0 Å². The number of nitrogens with zero attached hydrogens (tertiary/aromatic N) is 1. The van der Waals surface area contributed by atoms with E-state index in [9.17, 15) is 4.79 Å². The van der Waals surface area contributed by atoms with Crippen LogP contribution >= 0.6 is 0 Å². The summed E-state index contributed by atoms with van der Waals surface area (Å²) in [6, 6.07) is -0.704. The monoisotopic (exact) mass is 129 g/mol. The first-order valence-corrected chi connectivity index (χ1v) is 2.61. The van der Waals surface area contributed by atoms with Crippen LogP contribution < -0.4 is 0 Å². The van der Waals surface area contributed by atoms with E-state index < -0.39 is 12.0 Å². The Morgan fingerprint density at radius 1 is 1.89 bits per heavy atom. The molecule has 1 rings (SSSR count). The molecule has 1 aliphatic rings. The van der Waals surface area contributed by atoms with Crippen LogP contribution in [0.1, 0.15) is 6.92 Å². The second kappa shape index (κ2) is 2.05. The van der Waals surface area contributed by atoms with Gasteiger partial charge in [-0.2, -0.15) is 0 Å². The molecule has 0 saturated heterocycles. The van der Waals surface area contributed by atoms with E-state index in [0.29, 0.717) is 0 Å². The molecule has 0 fully saturated rings. The molecule has 0 aliphatic carbocycles. The standard InChI is InChI=1S/C5H7NO3/c1-3-4(5(7)8)6-2-9-3/h2-4H,1H3,(H,7,8). The van der Waals surface area contributed by atoms with Gasteiger partial charge in [0.2, 0.25) is 0 Å². The molecule has 1 heterocycles. The molecule has 4 nitrogen and oxygen atoms in total. The first-order chi connectivity index (χ1) is 4.22. The Bertz CT molecular complexity index is 154. The van der Waals surface area contributed by atoms with E-state index in [4.69, 9.17) is 9.84 Å². The van der Waals surface area contributed by atoms with Gasteiger partial charge in [0.25, 0.3) is 0 Å². The van der Waals surface area contributed by atoms with Gasteiger partial charge >= 0.3 is 5.97 Å². The quantitative estimate of drug-likeness (QED) is 0.537. The van der Waals surface area contributed by atoms with E-state index in [1.165, 1.54) is 6.40 Å². The van der Waals surface area contributed by atoms with Crippen molar-refractivity contribution in [1.82, 2.24) is 0 Å². The summed E-state index contributed by atoms with van der Waals surface area (Å²) in [5.74, 6) is -0.934. The lowest BCUT2D eigenvalue weighted by molar-refractivity contribution is -0.139. The maximum atomic E-state index is 10.2. The predicted octanol–water partition coefficient (Wildman–Crippen LogP) is -0.113. The van der Waals surface area contributed by atoms with Crippen molar-refractivity contribution < 1.29 is 14.6 Å². The van der Waals surface area contributed by atoms with Gasteiger partial charge in [-0.15, -0.1) is 0 Å². The average Bonchev–Trinajstić information content (AvgIpc) is 2.13. The van der Waals surface area contributed by atoms with Crippen molar-refractivity contribution in [2.75, 3.05) is 0 Å². The van der Waals surface area contributed by atoms with Crippen LogP contribution in [0, 0.1) is 0 Å². The Balaban J connectivity index is 2.59. The van der Waals surface area contributed by atoms with Crippen molar-refractivity contribution in [2.24, 2.45) is 4.99 Å². The van der Waals surface area contributed by atoms with E-state index >= 15 is 0 Å². The lowest BCUT2D eigenvalue weighted by atomic mass is 10.2. The zero-order valence-electron chi connectivity index (χ0n) is 4.94. The molecular weight excluding hydrogens is 122 g/mol. The first kappa shape index (κ1) is 6.07. The summed E-state index contributed by atoms with van der Waals surface area (Å²) in [5.41, 5.74) is 0.